The summed E-state index contributed by atoms with van der Waals surface area (Å²) in [6.45, 7) is 2.43. The lowest BCUT2D eigenvalue weighted by Gasteiger charge is -2.11. The van der Waals surface area contributed by atoms with Crippen LogP contribution in [-0.2, 0) is 16.4 Å². The molecule has 148 valence electrons. The summed E-state index contributed by atoms with van der Waals surface area (Å²) in [5, 5.41) is 7.19. The maximum Gasteiger partial charge on any atom is 0.251 e. The lowest BCUT2D eigenvalue weighted by atomic mass is 10.2. The van der Waals surface area contributed by atoms with Crippen LogP contribution < -0.4 is 5.32 Å². The predicted molar refractivity (Wildman–Crippen MR) is 106 cm³/mol. The fourth-order valence-electron chi connectivity index (χ4n) is 2.75. The van der Waals surface area contributed by atoms with Crippen molar-refractivity contribution in [3.63, 3.8) is 0 Å². The van der Waals surface area contributed by atoms with Gasteiger partial charge in [0.2, 0.25) is 10.0 Å². The number of nitrogens with zero attached hydrogens (tertiary/aromatic N) is 4. The van der Waals surface area contributed by atoms with Crippen molar-refractivity contribution in [2.24, 2.45) is 0 Å². The van der Waals surface area contributed by atoms with Crippen molar-refractivity contribution in [2.45, 2.75) is 24.7 Å². The van der Waals surface area contributed by atoms with Crippen molar-refractivity contribution in [3.05, 3.63) is 59.5 Å². The van der Waals surface area contributed by atoms with E-state index < -0.39 is 10.0 Å². The van der Waals surface area contributed by atoms with Crippen LogP contribution >= 0.6 is 0 Å². The number of hydrogen-bond donors (Lipinski definition) is 1. The van der Waals surface area contributed by atoms with Crippen molar-refractivity contribution >= 4 is 21.6 Å². The summed E-state index contributed by atoms with van der Waals surface area (Å²) in [5.74, 6) is -0.231. The SMILES string of the molecule is Cc1cc2ncc(CCCNC(=O)c3ccc(S(=O)(=O)N(C)C)cc3)cn2n1. The second-order valence-corrected chi connectivity index (χ2v) is 8.87. The number of sulfonamides is 1. The maximum atomic E-state index is 12.2. The van der Waals surface area contributed by atoms with Gasteiger partial charge in [-0.05, 0) is 49.6 Å². The number of rotatable bonds is 7. The molecule has 9 heteroatoms. The molecule has 28 heavy (non-hydrogen) atoms. The number of amides is 1. The minimum Gasteiger partial charge on any atom is -0.352 e. The summed E-state index contributed by atoms with van der Waals surface area (Å²) in [6.07, 6.45) is 5.29. The zero-order valence-corrected chi connectivity index (χ0v) is 16.9. The van der Waals surface area contributed by atoms with Crippen molar-refractivity contribution in [2.75, 3.05) is 20.6 Å². The molecule has 3 rings (SSSR count). The largest absolute Gasteiger partial charge is 0.352 e. The lowest BCUT2D eigenvalue weighted by molar-refractivity contribution is 0.0953. The second-order valence-electron chi connectivity index (χ2n) is 6.72. The Kier molecular flexibility index (Phi) is 5.76. The van der Waals surface area contributed by atoms with Gasteiger partial charge in [0, 0.05) is 44.7 Å². The van der Waals surface area contributed by atoms with E-state index in [-0.39, 0.29) is 10.8 Å². The van der Waals surface area contributed by atoms with Gasteiger partial charge in [-0.15, -0.1) is 0 Å². The zero-order chi connectivity index (χ0) is 20.3. The van der Waals surface area contributed by atoms with Crippen LogP contribution in [0.4, 0.5) is 0 Å². The van der Waals surface area contributed by atoms with E-state index in [2.05, 4.69) is 15.4 Å². The second kappa shape index (κ2) is 8.07. The molecule has 0 spiro atoms. The number of benzene rings is 1. The van der Waals surface area contributed by atoms with E-state index in [4.69, 9.17) is 0 Å². The van der Waals surface area contributed by atoms with Crippen LogP contribution in [0.2, 0.25) is 0 Å². The molecule has 0 unspecified atom stereocenters. The normalized spacial score (nSPS) is 11.9. The molecule has 0 fully saturated rings. The maximum absolute atomic E-state index is 12.2. The number of carbonyl (C=O) groups excluding carboxylic acids is 1. The molecule has 1 amide bonds. The molecule has 0 aliphatic heterocycles. The van der Waals surface area contributed by atoms with E-state index in [1.807, 2.05) is 25.4 Å². The standard InChI is InChI=1S/C19H23N5O3S/c1-14-11-18-21-12-15(13-24(18)22-14)5-4-10-20-19(25)16-6-8-17(9-7-16)28(26,27)23(2)3/h6-9,11-13H,4-5,10H2,1-3H3,(H,20,25). The molecular formula is C19H23N5O3S. The molecule has 0 aliphatic carbocycles. The first-order chi connectivity index (χ1) is 13.3. The average molecular weight is 401 g/mol. The van der Waals surface area contributed by atoms with Crippen LogP contribution in [0, 0.1) is 6.92 Å². The van der Waals surface area contributed by atoms with E-state index in [0.29, 0.717) is 12.1 Å². The molecule has 8 nitrogen and oxygen atoms in total. The molecule has 0 aliphatic rings. The molecule has 0 bridgehead atoms. The van der Waals surface area contributed by atoms with Crippen LogP contribution in [0.1, 0.15) is 28.0 Å². The van der Waals surface area contributed by atoms with Crippen molar-refractivity contribution in [3.8, 4) is 0 Å². The van der Waals surface area contributed by atoms with Crippen molar-refractivity contribution < 1.29 is 13.2 Å². The minimum atomic E-state index is -3.50. The highest BCUT2D eigenvalue weighted by atomic mass is 32.2. The molecule has 3 aromatic rings. The first-order valence-corrected chi connectivity index (χ1v) is 10.3. The third-order valence-electron chi connectivity index (χ3n) is 4.31. The Bertz CT molecular complexity index is 1090. The number of aromatic nitrogens is 3. The lowest BCUT2D eigenvalue weighted by Crippen LogP contribution is -2.25. The number of hydrogen-bond acceptors (Lipinski definition) is 5. The van der Waals surface area contributed by atoms with Crippen molar-refractivity contribution in [1.29, 1.82) is 0 Å². The Morgan fingerprint density at radius 3 is 2.61 bits per heavy atom. The molecule has 0 radical (unpaired) electrons. The van der Waals surface area contributed by atoms with Gasteiger partial charge < -0.3 is 5.32 Å². The van der Waals surface area contributed by atoms with E-state index in [0.717, 1.165) is 34.1 Å². The molecule has 1 aromatic carbocycles. The van der Waals surface area contributed by atoms with E-state index in [9.17, 15) is 13.2 Å². The Labute approximate surface area is 164 Å². The van der Waals surface area contributed by atoms with E-state index >= 15 is 0 Å². The Balaban J connectivity index is 1.52. The van der Waals surface area contributed by atoms with Crippen molar-refractivity contribution in [1.82, 2.24) is 24.2 Å². The third-order valence-corrected chi connectivity index (χ3v) is 6.14. The van der Waals surface area contributed by atoms with Crippen LogP contribution in [0.15, 0.2) is 47.6 Å². The molecule has 0 saturated carbocycles. The average Bonchev–Trinajstić information content (AvgIpc) is 3.04. The molecule has 0 atom stereocenters. The van der Waals surface area contributed by atoms with Crippen LogP contribution in [0.25, 0.3) is 5.65 Å². The fourth-order valence-corrected chi connectivity index (χ4v) is 3.65. The van der Waals surface area contributed by atoms with Gasteiger partial charge in [0.1, 0.15) is 0 Å². The van der Waals surface area contributed by atoms with Gasteiger partial charge in [0.15, 0.2) is 5.65 Å². The molecule has 2 aromatic heterocycles. The minimum absolute atomic E-state index is 0.158. The highest BCUT2D eigenvalue weighted by Gasteiger charge is 2.17. The topological polar surface area (TPSA) is 96.7 Å². The smallest absolute Gasteiger partial charge is 0.251 e. The first-order valence-electron chi connectivity index (χ1n) is 8.89. The summed E-state index contributed by atoms with van der Waals surface area (Å²) in [5.41, 5.74) is 3.20. The summed E-state index contributed by atoms with van der Waals surface area (Å²) >= 11 is 0. The van der Waals surface area contributed by atoms with E-state index in [1.54, 1.807) is 4.52 Å². The monoisotopic (exact) mass is 401 g/mol. The zero-order valence-electron chi connectivity index (χ0n) is 16.1. The molecular weight excluding hydrogens is 378 g/mol. The number of fused-ring (bicyclic) bond motifs is 1. The highest BCUT2D eigenvalue weighted by molar-refractivity contribution is 7.89. The van der Waals surface area contributed by atoms with Crippen LogP contribution in [0.3, 0.4) is 0 Å². The summed E-state index contributed by atoms with van der Waals surface area (Å²) in [4.78, 5) is 16.8. The number of aryl methyl sites for hydroxylation is 2. The molecule has 2 heterocycles. The van der Waals surface area contributed by atoms with Gasteiger partial charge >= 0.3 is 0 Å². The summed E-state index contributed by atoms with van der Waals surface area (Å²) in [6, 6.07) is 7.83. The van der Waals surface area contributed by atoms with Gasteiger partial charge in [0.05, 0.1) is 10.6 Å². The highest BCUT2D eigenvalue weighted by Crippen LogP contribution is 2.14. The molecule has 0 saturated heterocycles. The number of nitrogens with one attached hydrogen (secondary N) is 1. The first kappa shape index (κ1) is 20.0. The van der Waals surface area contributed by atoms with Gasteiger partial charge in [-0.2, -0.15) is 5.10 Å². The summed E-state index contributed by atoms with van der Waals surface area (Å²) < 4.78 is 27.0. The van der Waals surface area contributed by atoms with Gasteiger partial charge in [-0.25, -0.2) is 22.2 Å². The molecule has 1 N–H and O–H groups in total. The Hall–Kier alpha value is -2.78. The van der Waals surface area contributed by atoms with Gasteiger partial charge in [0.25, 0.3) is 5.91 Å². The van der Waals surface area contributed by atoms with Crippen LogP contribution in [0.5, 0.6) is 0 Å². The third kappa shape index (κ3) is 4.37. The van der Waals surface area contributed by atoms with Gasteiger partial charge in [-0.1, -0.05) is 0 Å². The predicted octanol–water partition coefficient (Wildman–Crippen LogP) is 1.65. The Morgan fingerprint density at radius 1 is 1.21 bits per heavy atom. The Morgan fingerprint density at radius 2 is 1.93 bits per heavy atom. The quantitative estimate of drug-likeness (QED) is 0.607. The fraction of sp³-hybridized carbons (Fsp3) is 0.316. The van der Waals surface area contributed by atoms with E-state index in [1.165, 1.54) is 38.4 Å². The van der Waals surface area contributed by atoms with Gasteiger partial charge in [-0.3, -0.25) is 4.79 Å². The summed E-state index contributed by atoms with van der Waals surface area (Å²) in [7, 11) is -0.559. The van der Waals surface area contributed by atoms with Crippen LogP contribution in [-0.4, -0.2) is 53.9 Å². The number of carbonyl (C=O) groups is 1.